The van der Waals surface area contributed by atoms with Gasteiger partial charge in [0, 0.05) is 4.90 Å². The Morgan fingerprint density at radius 3 is 2.25 bits per heavy atom. The van der Waals surface area contributed by atoms with Crippen LogP contribution in [0.4, 0.5) is 11.4 Å². The summed E-state index contributed by atoms with van der Waals surface area (Å²) >= 11 is 1.68. The highest BCUT2D eigenvalue weighted by molar-refractivity contribution is 7.98. The van der Waals surface area contributed by atoms with Crippen molar-refractivity contribution in [1.82, 2.24) is 0 Å². The molecule has 0 radical (unpaired) electrons. The van der Waals surface area contributed by atoms with Crippen molar-refractivity contribution in [3.8, 4) is 0 Å². The summed E-state index contributed by atoms with van der Waals surface area (Å²) in [7, 11) is 0. The molecule has 0 atom stereocenters. The minimum atomic E-state index is 0.874. The highest BCUT2D eigenvalue weighted by Crippen LogP contribution is 2.28. The summed E-state index contributed by atoms with van der Waals surface area (Å²) in [5.74, 6) is 0. The Balaban J connectivity index is 2.24. The van der Waals surface area contributed by atoms with Crippen molar-refractivity contribution in [3.05, 3.63) is 54.6 Å². The van der Waals surface area contributed by atoms with E-state index in [0.717, 1.165) is 16.3 Å². The lowest BCUT2D eigenvalue weighted by molar-refractivity contribution is 1.19. The van der Waals surface area contributed by atoms with E-state index in [9.17, 15) is 0 Å². The zero-order chi connectivity index (χ0) is 11.2. The summed E-state index contributed by atoms with van der Waals surface area (Å²) in [6, 6.07) is 17.7. The van der Waals surface area contributed by atoms with Crippen molar-refractivity contribution in [3.63, 3.8) is 0 Å². The number of azo groups is 1. The maximum Gasteiger partial charge on any atom is 0.0992 e. The molecule has 0 amide bonds. The maximum absolute atomic E-state index is 4.25. The van der Waals surface area contributed by atoms with E-state index in [1.807, 2.05) is 60.9 Å². The summed E-state index contributed by atoms with van der Waals surface area (Å²) in [6.07, 6.45) is 2.04. The minimum absolute atomic E-state index is 0.874. The predicted octanol–water partition coefficient (Wildman–Crippen LogP) is 4.82. The van der Waals surface area contributed by atoms with Crippen LogP contribution in [0.2, 0.25) is 0 Å². The molecule has 0 saturated carbocycles. The number of hydrogen-bond acceptors (Lipinski definition) is 3. The van der Waals surface area contributed by atoms with Crippen molar-refractivity contribution in [2.45, 2.75) is 4.90 Å². The van der Waals surface area contributed by atoms with E-state index in [2.05, 4.69) is 10.2 Å². The number of benzene rings is 2. The van der Waals surface area contributed by atoms with Gasteiger partial charge in [-0.25, -0.2) is 0 Å². The van der Waals surface area contributed by atoms with Gasteiger partial charge in [-0.15, -0.1) is 16.9 Å². The second-order valence-corrected chi connectivity index (χ2v) is 4.06. The molecule has 16 heavy (non-hydrogen) atoms. The van der Waals surface area contributed by atoms with Crippen molar-refractivity contribution in [1.29, 1.82) is 0 Å². The highest BCUT2D eigenvalue weighted by atomic mass is 32.2. The lowest BCUT2D eigenvalue weighted by Crippen LogP contribution is -1.70. The van der Waals surface area contributed by atoms with Crippen molar-refractivity contribution < 1.29 is 0 Å². The van der Waals surface area contributed by atoms with E-state index in [1.165, 1.54) is 0 Å². The van der Waals surface area contributed by atoms with Crippen LogP contribution in [0.1, 0.15) is 0 Å². The normalized spacial score (nSPS) is 10.8. The molecule has 0 heterocycles. The van der Waals surface area contributed by atoms with Crippen LogP contribution < -0.4 is 0 Å². The molecule has 0 bridgehead atoms. The molecule has 0 aliphatic carbocycles. The first-order valence-electron chi connectivity index (χ1n) is 5.00. The van der Waals surface area contributed by atoms with Crippen LogP contribution in [0.5, 0.6) is 0 Å². The van der Waals surface area contributed by atoms with Crippen LogP contribution >= 0.6 is 11.8 Å². The van der Waals surface area contributed by atoms with Crippen LogP contribution in [-0.2, 0) is 0 Å². The first-order valence-corrected chi connectivity index (χ1v) is 6.22. The summed E-state index contributed by atoms with van der Waals surface area (Å²) in [5, 5.41) is 8.45. The Labute approximate surface area is 99.4 Å². The van der Waals surface area contributed by atoms with E-state index < -0.39 is 0 Å². The summed E-state index contributed by atoms with van der Waals surface area (Å²) in [4.78, 5) is 1.14. The SMILES string of the molecule is CSc1ccccc1N=Nc1ccccc1. The first kappa shape index (κ1) is 10.9. The third-order valence-corrected chi connectivity index (χ3v) is 2.90. The van der Waals surface area contributed by atoms with Gasteiger partial charge in [0.1, 0.15) is 0 Å². The molecular formula is C13H12N2S. The smallest absolute Gasteiger partial charge is 0.0992 e. The van der Waals surface area contributed by atoms with Gasteiger partial charge >= 0.3 is 0 Å². The van der Waals surface area contributed by atoms with Crippen molar-refractivity contribution in [2.24, 2.45) is 10.2 Å². The largest absolute Gasteiger partial charge is 0.151 e. The molecule has 0 fully saturated rings. The quantitative estimate of drug-likeness (QED) is 0.545. The topological polar surface area (TPSA) is 24.7 Å². The Hall–Kier alpha value is -1.61. The van der Waals surface area contributed by atoms with Gasteiger partial charge in [-0.2, -0.15) is 5.11 Å². The van der Waals surface area contributed by atoms with Gasteiger partial charge < -0.3 is 0 Å². The zero-order valence-corrected chi connectivity index (χ0v) is 9.82. The molecule has 2 aromatic carbocycles. The van der Waals surface area contributed by atoms with Crippen LogP contribution in [-0.4, -0.2) is 6.26 Å². The van der Waals surface area contributed by atoms with E-state index in [0.29, 0.717) is 0 Å². The molecule has 2 rings (SSSR count). The van der Waals surface area contributed by atoms with E-state index in [4.69, 9.17) is 0 Å². The molecule has 0 N–H and O–H groups in total. The molecule has 0 spiro atoms. The van der Waals surface area contributed by atoms with Gasteiger partial charge in [0.05, 0.1) is 11.4 Å². The average Bonchev–Trinajstić information content (AvgIpc) is 2.38. The second kappa shape index (κ2) is 5.47. The maximum atomic E-state index is 4.25. The molecule has 0 aliphatic rings. The number of rotatable bonds is 3. The molecule has 0 aromatic heterocycles. The Kier molecular flexibility index (Phi) is 3.72. The van der Waals surface area contributed by atoms with Gasteiger partial charge in [0.15, 0.2) is 0 Å². The summed E-state index contributed by atoms with van der Waals surface area (Å²) in [6.45, 7) is 0. The fraction of sp³-hybridized carbons (Fsp3) is 0.0769. The number of nitrogens with zero attached hydrogens (tertiary/aromatic N) is 2. The van der Waals surface area contributed by atoms with Gasteiger partial charge in [0.25, 0.3) is 0 Å². The third-order valence-electron chi connectivity index (χ3n) is 2.11. The van der Waals surface area contributed by atoms with Gasteiger partial charge in [-0.1, -0.05) is 30.3 Å². The predicted molar refractivity (Wildman–Crippen MR) is 68.8 cm³/mol. The fourth-order valence-corrected chi connectivity index (χ4v) is 1.85. The lowest BCUT2D eigenvalue weighted by atomic mass is 10.3. The second-order valence-electron chi connectivity index (χ2n) is 3.21. The Morgan fingerprint density at radius 2 is 1.50 bits per heavy atom. The van der Waals surface area contributed by atoms with Crippen LogP contribution in [0.15, 0.2) is 69.7 Å². The number of thioether (sulfide) groups is 1. The van der Waals surface area contributed by atoms with Crippen molar-refractivity contribution in [2.75, 3.05) is 6.26 Å². The molecule has 0 aliphatic heterocycles. The zero-order valence-electron chi connectivity index (χ0n) is 9.00. The van der Waals surface area contributed by atoms with E-state index >= 15 is 0 Å². The van der Waals surface area contributed by atoms with Crippen LogP contribution in [0.25, 0.3) is 0 Å². The summed E-state index contributed by atoms with van der Waals surface area (Å²) in [5.41, 5.74) is 1.79. The average molecular weight is 228 g/mol. The Morgan fingerprint density at radius 1 is 0.812 bits per heavy atom. The lowest BCUT2D eigenvalue weighted by Gasteiger charge is -1.99. The molecular weight excluding hydrogens is 216 g/mol. The molecule has 0 saturated heterocycles. The van der Waals surface area contributed by atoms with Gasteiger partial charge in [0.2, 0.25) is 0 Å². The van der Waals surface area contributed by atoms with E-state index in [-0.39, 0.29) is 0 Å². The van der Waals surface area contributed by atoms with Crippen LogP contribution in [0.3, 0.4) is 0 Å². The first-order chi connectivity index (χ1) is 7.90. The summed E-state index contributed by atoms with van der Waals surface area (Å²) < 4.78 is 0. The number of hydrogen-bond donors (Lipinski definition) is 0. The van der Waals surface area contributed by atoms with Gasteiger partial charge in [-0.05, 0) is 30.5 Å². The molecule has 2 nitrogen and oxygen atoms in total. The monoisotopic (exact) mass is 228 g/mol. The van der Waals surface area contributed by atoms with Crippen molar-refractivity contribution >= 4 is 23.1 Å². The molecule has 80 valence electrons. The van der Waals surface area contributed by atoms with Gasteiger partial charge in [-0.3, -0.25) is 0 Å². The molecule has 2 aromatic rings. The molecule has 3 heteroatoms. The third kappa shape index (κ3) is 2.70. The standard InChI is InChI=1S/C13H12N2S/c1-16-13-10-6-5-9-12(13)15-14-11-7-3-2-4-8-11/h2-10H,1H3. The van der Waals surface area contributed by atoms with E-state index in [1.54, 1.807) is 11.8 Å². The Bertz CT molecular complexity index is 480. The minimum Gasteiger partial charge on any atom is -0.151 e. The highest BCUT2D eigenvalue weighted by Gasteiger charge is 1.97. The molecule has 0 unspecified atom stereocenters. The van der Waals surface area contributed by atoms with Crippen LogP contribution in [0, 0.1) is 0 Å². The fourth-order valence-electron chi connectivity index (χ4n) is 1.32.